The Morgan fingerprint density at radius 1 is 0.750 bits per heavy atom. The number of carbonyl (C=O) groups excluding carboxylic acids is 2. The van der Waals surface area contributed by atoms with Crippen molar-refractivity contribution in [3.8, 4) is 0 Å². The number of methoxy groups -OCH3 is 2. The van der Waals surface area contributed by atoms with Gasteiger partial charge in [0, 0.05) is 19.6 Å². The maximum atomic E-state index is 11.8. The number of benzene rings is 2. The summed E-state index contributed by atoms with van der Waals surface area (Å²) in [6.45, 7) is 0. The lowest BCUT2D eigenvalue weighted by Gasteiger charge is -2.20. The minimum atomic E-state index is -0.488. The monoisotopic (exact) mass is 400 g/mol. The van der Waals surface area contributed by atoms with Crippen LogP contribution in [-0.4, -0.2) is 26.2 Å². The van der Waals surface area contributed by atoms with Crippen LogP contribution in [0.25, 0.3) is 0 Å². The van der Waals surface area contributed by atoms with Gasteiger partial charge in [0.2, 0.25) is 0 Å². The average Bonchev–Trinajstić information content (AvgIpc) is 2.57. The normalized spacial score (nSPS) is 12.2. The third kappa shape index (κ3) is 3.11. The first-order valence-corrected chi connectivity index (χ1v) is 9.03. The summed E-state index contributed by atoms with van der Waals surface area (Å²) in [6.07, 6.45) is 0. The van der Waals surface area contributed by atoms with Crippen LogP contribution in [-0.2, 0) is 9.47 Å². The van der Waals surface area contributed by atoms with E-state index in [0.29, 0.717) is 21.2 Å². The molecule has 0 aliphatic carbocycles. The van der Waals surface area contributed by atoms with Crippen LogP contribution in [0.2, 0.25) is 10.0 Å². The zero-order chi connectivity index (χ0) is 17.4. The standard InChI is InChI=1S/C16H10Cl2O4S2/c1-21-15(19)7-3-11-13(5-9(7)17)24-12-4-8(16(20)22-2)10(18)6-14(12)23-11/h3-6H,1-2H3. The van der Waals surface area contributed by atoms with Gasteiger partial charge in [0.05, 0.1) is 35.4 Å². The van der Waals surface area contributed by atoms with Gasteiger partial charge in [0.15, 0.2) is 0 Å². The van der Waals surface area contributed by atoms with Crippen molar-refractivity contribution in [3.63, 3.8) is 0 Å². The Hall–Kier alpha value is -1.34. The van der Waals surface area contributed by atoms with E-state index in [9.17, 15) is 9.59 Å². The molecular weight excluding hydrogens is 391 g/mol. The molecule has 0 aromatic heterocycles. The molecule has 1 aliphatic heterocycles. The lowest BCUT2D eigenvalue weighted by molar-refractivity contribution is 0.0591. The van der Waals surface area contributed by atoms with Gasteiger partial charge in [-0.15, -0.1) is 0 Å². The molecular formula is C16H10Cl2O4S2. The Labute approximate surface area is 156 Å². The predicted octanol–water partition coefficient (Wildman–Crippen LogP) is 5.18. The van der Waals surface area contributed by atoms with E-state index in [1.165, 1.54) is 37.7 Å². The van der Waals surface area contributed by atoms with E-state index >= 15 is 0 Å². The molecule has 2 aromatic rings. The zero-order valence-electron chi connectivity index (χ0n) is 12.5. The highest BCUT2D eigenvalue weighted by Gasteiger charge is 2.24. The topological polar surface area (TPSA) is 52.6 Å². The second-order valence-corrected chi connectivity index (χ2v) is 7.73. The highest BCUT2D eigenvalue weighted by Crippen LogP contribution is 2.51. The summed E-state index contributed by atoms with van der Waals surface area (Å²) in [7, 11) is 2.62. The van der Waals surface area contributed by atoms with Gasteiger partial charge < -0.3 is 9.47 Å². The molecule has 0 spiro atoms. The van der Waals surface area contributed by atoms with Crippen LogP contribution >= 0.6 is 46.7 Å². The number of halogens is 2. The van der Waals surface area contributed by atoms with Crippen LogP contribution in [0.4, 0.5) is 0 Å². The van der Waals surface area contributed by atoms with Crippen LogP contribution in [0.1, 0.15) is 20.7 Å². The number of rotatable bonds is 2. The van der Waals surface area contributed by atoms with E-state index in [0.717, 1.165) is 19.6 Å². The summed E-state index contributed by atoms with van der Waals surface area (Å²) in [5, 5.41) is 0.638. The molecule has 0 bridgehead atoms. The molecule has 1 aliphatic rings. The van der Waals surface area contributed by atoms with Crippen molar-refractivity contribution in [2.75, 3.05) is 14.2 Å². The Morgan fingerprint density at radius 2 is 1.08 bits per heavy atom. The predicted molar refractivity (Wildman–Crippen MR) is 93.8 cm³/mol. The van der Waals surface area contributed by atoms with Gasteiger partial charge in [-0.2, -0.15) is 0 Å². The average molecular weight is 401 g/mol. The van der Waals surface area contributed by atoms with Crippen LogP contribution in [0.3, 0.4) is 0 Å². The highest BCUT2D eigenvalue weighted by atomic mass is 35.5. The molecule has 8 heteroatoms. The van der Waals surface area contributed by atoms with Crippen molar-refractivity contribution in [2.24, 2.45) is 0 Å². The van der Waals surface area contributed by atoms with E-state index in [-0.39, 0.29) is 0 Å². The Balaban J connectivity index is 2.04. The Morgan fingerprint density at radius 3 is 1.42 bits per heavy atom. The second-order valence-electron chi connectivity index (χ2n) is 4.74. The number of ether oxygens (including phenoxy) is 2. The molecule has 0 atom stereocenters. The largest absolute Gasteiger partial charge is 0.465 e. The lowest BCUT2D eigenvalue weighted by atomic mass is 10.2. The van der Waals surface area contributed by atoms with Crippen LogP contribution in [0.15, 0.2) is 43.8 Å². The number of hydrogen-bond acceptors (Lipinski definition) is 6. The van der Waals surface area contributed by atoms with Gasteiger partial charge in [-0.1, -0.05) is 46.7 Å². The van der Waals surface area contributed by atoms with Crippen molar-refractivity contribution in [1.29, 1.82) is 0 Å². The molecule has 0 amide bonds. The molecule has 0 N–H and O–H groups in total. The quantitative estimate of drug-likeness (QED) is 0.552. The summed E-state index contributed by atoms with van der Waals surface area (Å²) in [6, 6.07) is 6.84. The number of esters is 2. The zero-order valence-corrected chi connectivity index (χ0v) is 15.7. The fraction of sp³-hybridized carbons (Fsp3) is 0.125. The number of fused-ring (bicyclic) bond motifs is 2. The van der Waals surface area contributed by atoms with E-state index in [2.05, 4.69) is 0 Å². The second kappa shape index (κ2) is 6.88. The summed E-state index contributed by atoms with van der Waals surface area (Å²) in [4.78, 5) is 27.1. The first kappa shape index (κ1) is 17.5. The summed E-state index contributed by atoms with van der Waals surface area (Å²) < 4.78 is 9.48. The molecule has 3 rings (SSSR count). The van der Waals surface area contributed by atoms with Gasteiger partial charge in [-0.3, -0.25) is 0 Å². The molecule has 0 unspecified atom stereocenters. The molecule has 0 saturated carbocycles. The SMILES string of the molecule is COC(=O)c1cc2c(cc1Cl)Sc1cc(C(=O)OC)c(Cl)cc1S2. The maximum Gasteiger partial charge on any atom is 0.339 e. The first-order chi connectivity index (χ1) is 11.4. The van der Waals surface area contributed by atoms with E-state index in [4.69, 9.17) is 32.7 Å². The minimum Gasteiger partial charge on any atom is -0.465 e. The van der Waals surface area contributed by atoms with Crippen molar-refractivity contribution >= 4 is 58.7 Å². The summed E-state index contributed by atoms with van der Waals surface area (Å²) in [5.74, 6) is -0.975. The highest BCUT2D eigenvalue weighted by molar-refractivity contribution is 8.05. The number of carbonyl (C=O) groups is 2. The van der Waals surface area contributed by atoms with Crippen LogP contribution in [0.5, 0.6) is 0 Å². The third-order valence-electron chi connectivity index (χ3n) is 3.32. The molecule has 0 radical (unpaired) electrons. The molecule has 4 nitrogen and oxygen atoms in total. The fourth-order valence-electron chi connectivity index (χ4n) is 2.16. The van der Waals surface area contributed by atoms with Gasteiger partial charge in [0.25, 0.3) is 0 Å². The summed E-state index contributed by atoms with van der Waals surface area (Å²) >= 11 is 15.2. The lowest BCUT2D eigenvalue weighted by Crippen LogP contribution is -2.05. The van der Waals surface area contributed by atoms with E-state index < -0.39 is 11.9 Å². The van der Waals surface area contributed by atoms with Crippen molar-refractivity contribution in [3.05, 3.63) is 45.4 Å². The molecule has 124 valence electrons. The molecule has 1 heterocycles. The van der Waals surface area contributed by atoms with E-state index in [1.54, 1.807) is 24.3 Å². The Kier molecular flexibility index (Phi) is 5.01. The third-order valence-corrected chi connectivity index (χ3v) is 6.43. The van der Waals surface area contributed by atoms with Gasteiger partial charge >= 0.3 is 11.9 Å². The molecule has 2 aromatic carbocycles. The fourth-order valence-corrected chi connectivity index (χ4v) is 5.09. The van der Waals surface area contributed by atoms with Gasteiger partial charge in [-0.05, 0) is 24.3 Å². The van der Waals surface area contributed by atoms with Crippen LogP contribution in [0, 0.1) is 0 Å². The number of hydrogen-bond donors (Lipinski definition) is 0. The van der Waals surface area contributed by atoms with Crippen molar-refractivity contribution in [1.82, 2.24) is 0 Å². The Bertz CT molecular complexity index is 796. The van der Waals surface area contributed by atoms with E-state index in [1.807, 2.05) is 0 Å². The van der Waals surface area contributed by atoms with Crippen molar-refractivity contribution in [2.45, 2.75) is 19.6 Å². The van der Waals surface area contributed by atoms with Crippen LogP contribution < -0.4 is 0 Å². The molecule has 24 heavy (non-hydrogen) atoms. The molecule has 0 fully saturated rings. The maximum absolute atomic E-state index is 11.8. The van der Waals surface area contributed by atoms with Gasteiger partial charge in [0.1, 0.15) is 0 Å². The summed E-state index contributed by atoms with van der Waals surface area (Å²) in [5.41, 5.74) is 0.624. The minimum absolute atomic E-state index is 0.312. The van der Waals surface area contributed by atoms with Gasteiger partial charge in [-0.25, -0.2) is 9.59 Å². The molecule has 0 saturated heterocycles. The smallest absolute Gasteiger partial charge is 0.339 e. The van der Waals surface area contributed by atoms with Crippen molar-refractivity contribution < 1.29 is 19.1 Å². The first-order valence-electron chi connectivity index (χ1n) is 6.64.